The van der Waals surface area contributed by atoms with Crippen molar-refractivity contribution in [3.63, 3.8) is 0 Å². The van der Waals surface area contributed by atoms with Crippen LogP contribution in [0.25, 0.3) is 0 Å². The van der Waals surface area contributed by atoms with Crippen molar-refractivity contribution >= 4 is 17.5 Å². The maximum atomic E-state index is 11.6. The highest BCUT2D eigenvalue weighted by Crippen LogP contribution is 2.30. The molecule has 0 heterocycles. The van der Waals surface area contributed by atoms with Gasteiger partial charge in [0.2, 0.25) is 5.91 Å². The van der Waals surface area contributed by atoms with Gasteiger partial charge in [0.15, 0.2) is 0 Å². The molecule has 1 aromatic rings. The Morgan fingerprint density at radius 2 is 2.00 bits per heavy atom. The molecule has 3 nitrogen and oxygen atoms in total. The van der Waals surface area contributed by atoms with Gasteiger partial charge in [-0.25, -0.2) is 0 Å². The number of methoxy groups -OCH3 is 1. The molecule has 82 valence electrons. The fourth-order valence-corrected chi connectivity index (χ4v) is 1.61. The van der Waals surface area contributed by atoms with E-state index in [0.29, 0.717) is 11.3 Å². The number of rotatable bonds is 3. The summed E-state index contributed by atoms with van der Waals surface area (Å²) in [4.78, 5) is 13.1. The lowest BCUT2D eigenvalue weighted by molar-refractivity contribution is -0.128. The molecule has 1 rings (SSSR count). The first-order valence-electron chi connectivity index (χ1n) is 4.56. The Bertz CT molecular complexity index is 352. The summed E-state index contributed by atoms with van der Waals surface area (Å²) in [6.45, 7) is 0. The first-order chi connectivity index (χ1) is 7.07. The van der Waals surface area contributed by atoms with Crippen molar-refractivity contribution < 1.29 is 9.53 Å². The summed E-state index contributed by atoms with van der Waals surface area (Å²) in [6.07, 6.45) is 0. The molecule has 0 spiro atoms. The standard InChI is InChI=1S/C11H14ClNO2/c1-13(2)11(14)10(12)8-6-4-5-7-9(8)15-3/h4-7,10H,1-3H3. The van der Waals surface area contributed by atoms with E-state index in [9.17, 15) is 4.79 Å². The van der Waals surface area contributed by atoms with Crippen LogP contribution < -0.4 is 4.74 Å². The highest BCUT2D eigenvalue weighted by molar-refractivity contribution is 6.30. The van der Waals surface area contributed by atoms with E-state index >= 15 is 0 Å². The van der Waals surface area contributed by atoms with E-state index in [0.717, 1.165) is 0 Å². The third kappa shape index (κ3) is 2.63. The van der Waals surface area contributed by atoms with Crippen LogP contribution in [0.1, 0.15) is 10.9 Å². The molecule has 4 heteroatoms. The van der Waals surface area contributed by atoms with Gasteiger partial charge in [-0.15, -0.1) is 11.6 Å². The third-order valence-electron chi connectivity index (χ3n) is 2.07. The SMILES string of the molecule is COc1ccccc1C(Cl)C(=O)N(C)C. The quantitative estimate of drug-likeness (QED) is 0.740. The Morgan fingerprint density at radius 1 is 1.40 bits per heavy atom. The summed E-state index contributed by atoms with van der Waals surface area (Å²) in [6, 6.07) is 7.24. The second-order valence-corrected chi connectivity index (χ2v) is 3.77. The number of likely N-dealkylation sites (N-methyl/N-ethyl adjacent to an activating group) is 1. The van der Waals surface area contributed by atoms with E-state index in [1.807, 2.05) is 12.1 Å². The first-order valence-corrected chi connectivity index (χ1v) is 4.99. The highest BCUT2D eigenvalue weighted by atomic mass is 35.5. The van der Waals surface area contributed by atoms with Crippen molar-refractivity contribution in [1.82, 2.24) is 4.90 Å². The number of carbonyl (C=O) groups is 1. The van der Waals surface area contributed by atoms with E-state index in [2.05, 4.69) is 0 Å². The number of amides is 1. The lowest BCUT2D eigenvalue weighted by atomic mass is 10.1. The molecule has 0 aromatic heterocycles. The van der Waals surface area contributed by atoms with Gasteiger partial charge in [0.05, 0.1) is 7.11 Å². The molecule has 1 aromatic carbocycles. The van der Waals surface area contributed by atoms with Gasteiger partial charge in [0.1, 0.15) is 11.1 Å². The smallest absolute Gasteiger partial charge is 0.244 e. The summed E-state index contributed by atoms with van der Waals surface area (Å²) >= 11 is 6.06. The Balaban J connectivity index is 3.00. The molecule has 1 amide bonds. The minimum atomic E-state index is -0.698. The molecule has 0 N–H and O–H groups in total. The Kier molecular flexibility index (Phi) is 3.97. The molecule has 1 unspecified atom stereocenters. The number of nitrogens with zero attached hydrogens (tertiary/aromatic N) is 1. The van der Waals surface area contributed by atoms with Crippen LogP contribution in [0.4, 0.5) is 0 Å². The highest BCUT2D eigenvalue weighted by Gasteiger charge is 2.22. The second-order valence-electron chi connectivity index (χ2n) is 3.34. The second kappa shape index (κ2) is 5.03. The van der Waals surface area contributed by atoms with E-state index < -0.39 is 5.38 Å². The fourth-order valence-electron chi connectivity index (χ4n) is 1.24. The van der Waals surface area contributed by atoms with Gasteiger partial charge in [-0.05, 0) is 6.07 Å². The van der Waals surface area contributed by atoms with Crippen molar-refractivity contribution in [3.05, 3.63) is 29.8 Å². The van der Waals surface area contributed by atoms with Crippen LogP contribution in [0, 0.1) is 0 Å². The van der Waals surface area contributed by atoms with Gasteiger partial charge >= 0.3 is 0 Å². The predicted molar refractivity (Wildman–Crippen MR) is 60.3 cm³/mol. The van der Waals surface area contributed by atoms with Crippen LogP contribution in [-0.2, 0) is 4.79 Å². The molecule has 0 saturated carbocycles. The molecule has 0 aliphatic heterocycles. The van der Waals surface area contributed by atoms with Crippen LogP contribution in [0.15, 0.2) is 24.3 Å². The van der Waals surface area contributed by atoms with E-state index in [1.54, 1.807) is 33.3 Å². The van der Waals surface area contributed by atoms with Gasteiger partial charge in [-0.2, -0.15) is 0 Å². The zero-order valence-electron chi connectivity index (χ0n) is 9.03. The van der Waals surface area contributed by atoms with Crippen LogP contribution in [0.2, 0.25) is 0 Å². The van der Waals surface area contributed by atoms with Gasteiger partial charge < -0.3 is 9.64 Å². The molecular weight excluding hydrogens is 214 g/mol. The van der Waals surface area contributed by atoms with Crippen LogP contribution in [0.5, 0.6) is 5.75 Å². The molecular formula is C11H14ClNO2. The van der Waals surface area contributed by atoms with Crippen molar-refractivity contribution in [2.75, 3.05) is 21.2 Å². The minimum Gasteiger partial charge on any atom is -0.496 e. The Labute approximate surface area is 94.6 Å². The van der Waals surface area contributed by atoms with E-state index in [4.69, 9.17) is 16.3 Å². The van der Waals surface area contributed by atoms with E-state index in [1.165, 1.54) is 4.90 Å². The average Bonchev–Trinajstić information content (AvgIpc) is 2.26. The summed E-state index contributed by atoms with van der Waals surface area (Å²) in [5, 5.41) is -0.698. The molecule has 0 bridgehead atoms. The van der Waals surface area contributed by atoms with Crippen molar-refractivity contribution in [1.29, 1.82) is 0 Å². The number of halogens is 1. The molecule has 1 atom stereocenters. The van der Waals surface area contributed by atoms with E-state index in [-0.39, 0.29) is 5.91 Å². The van der Waals surface area contributed by atoms with Gasteiger partial charge in [-0.1, -0.05) is 18.2 Å². The normalized spacial score (nSPS) is 12.0. The number of para-hydroxylation sites is 1. The Morgan fingerprint density at radius 3 is 2.53 bits per heavy atom. The number of hydrogen-bond acceptors (Lipinski definition) is 2. The summed E-state index contributed by atoms with van der Waals surface area (Å²) in [5.41, 5.74) is 0.695. The number of carbonyl (C=O) groups excluding carboxylic acids is 1. The zero-order chi connectivity index (χ0) is 11.4. The minimum absolute atomic E-state index is 0.152. The maximum Gasteiger partial charge on any atom is 0.244 e. The number of hydrogen-bond donors (Lipinski definition) is 0. The Hall–Kier alpha value is -1.22. The van der Waals surface area contributed by atoms with Crippen molar-refractivity contribution in [2.45, 2.75) is 5.38 Å². The van der Waals surface area contributed by atoms with Gasteiger partial charge in [0, 0.05) is 19.7 Å². The maximum absolute atomic E-state index is 11.6. The number of ether oxygens (including phenoxy) is 1. The molecule has 0 saturated heterocycles. The number of benzene rings is 1. The molecule has 0 fully saturated rings. The monoisotopic (exact) mass is 227 g/mol. The zero-order valence-corrected chi connectivity index (χ0v) is 9.78. The first kappa shape index (κ1) is 11.9. The molecule has 15 heavy (non-hydrogen) atoms. The lowest BCUT2D eigenvalue weighted by Gasteiger charge is -2.17. The van der Waals surface area contributed by atoms with Gasteiger partial charge in [-0.3, -0.25) is 4.79 Å². The summed E-state index contributed by atoms with van der Waals surface area (Å²) in [7, 11) is 4.91. The average molecular weight is 228 g/mol. The molecule has 0 radical (unpaired) electrons. The lowest BCUT2D eigenvalue weighted by Crippen LogP contribution is -2.25. The number of alkyl halides is 1. The van der Waals surface area contributed by atoms with Gasteiger partial charge in [0.25, 0.3) is 0 Å². The predicted octanol–water partition coefficient (Wildman–Crippen LogP) is 2.06. The van der Waals surface area contributed by atoms with Crippen molar-refractivity contribution in [2.24, 2.45) is 0 Å². The molecule has 0 aliphatic carbocycles. The fraction of sp³-hybridized carbons (Fsp3) is 0.364. The van der Waals surface area contributed by atoms with Crippen LogP contribution in [0.3, 0.4) is 0 Å². The third-order valence-corrected chi connectivity index (χ3v) is 2.49. The topological polar surface area (TPSA) is 29.5 Å². The largest absolute Gasteiger partial charge is 0.496 e. The summed E-state index contributed by atoms with van der Waals surface area (Å²) < 4.78 is 5.14. The van der Waals surface area contributed by atoms with Crippen LogP contribution >= 0.6 is 11.6 Å². The van der Waals surface area contributed by atoms with Crippen molar-refractivity contribution in [3.8, 4) is 5.75 Å². The van der Waals surface area contributed by atoms with Crippen LogP contribution in [-0.4, -0.2) is 32.0 Å². The summed E-state index contributed by atoms with van der Waals surface area (Å²) in [5.74, 6) is 0.480. The molecule has 0 aliphatic rings.